The van der Waals surface area contributed by atoms with Crippen LogP contribution in [0.15, 0.2) is 47.8 Å². The second-order valence-electron chi connectivity index (χ2n) is 10.1. The first-order chi connectivity index (χ1) is 19.6. The van der Waals surface area contributed by atoms with Crippen molar-refractivity contribution in [1.82, 2.24) is 15.1 Å². The van der Waals surface area contributed by atoms with Gasteiger partial charge in [0, 0.05) is 24.1 Å². The molecule has 1 amide bonds. The van der Waals surface area contributed by atoms with Crippen LogP contribution in [-0.2, 0) is 0 Å². The number of anilines is 1. The van der Waals surface area contributed by atoms with E-state index in [0.717, 1.165) is 66.6 Å². The Morgan fingerprint density at radius 3 is 2.77 bits per heavy atom. The summed E-state index contributed by atoms with van der Waals surface area (Å²) in [6.07, 6.45) is 6.82. The third kappa shape index (κ3) is 6.38. The number of aromatic amines is 1. The number of H-pyrrole nitrogens is 1. The fourth-order valence-electron chi connectivity index (χ4n) is 5.08. The molecule has 2 aromatic heterocycles. The summed E-state index contributed by atoms with van der Waals surface area (Å²) in [6.45, 7) is 5.71. The molecule has 8 nitrogen and oxygen atoms in total. The molecule has 0 radical (unpaired) electrons. The SMILES string of the molecule is COc1c(OCCCN2CCC(CO)CC2)ccc(C=Cc2n[nH]c3ccccc23)c1NC(=O)c1sccc1C. The number of carbonyl (C=O) groups is 1. The Balaban J connectivity index is 1.35. The first kappa shape index (κ1) is 27.9. The van der Waals surface area contributed by atoms with Crippen LogP contribution in [0.2, 0.25) is 0 Å². The van der Waals surface area contributed by atoms with E-state index in [0.29, 0.717) is 34.6 Å². The molecule has 210 valence electrons. The molecule has 3 N–H and O–H groups in total. The van der Waals surface area contributed by atoms with Crippen LogP contribution in [0.3, 0.4) is 0 Å². The number of carbonyl (C=O) groups excluding carboxylic acids is 1. The lowest BCUT2D eigenvalue weighted by atomic mass is 9.98. The van der Waals surface area contributed by atoms with Crippen molar-refractivity contribution in [3.05, 3.63) is 69.5 Å². The van der Waals surface area contributed by atoms with E-state index in [-0.39, 0.29) is 12.5 Å². The molecule has 1 saturated heterocycles. The van der Waals surface area contributed by atoms with Gasteiger partial charge in [-0.15, -0.1) is 11.3 Å². The van der Waals surface area contributed by atoms with Gasteiger partial charge in [-0.3, -0.25) is 9.89 Å². The Bertz CT molecular complexity index is 1470. The molecule has 3 heterocycles. The van der Waals surface area contributed by atoms with Gasteiger partial charge < -0.3 is 24.8 Å². The quantitative estimate of drug-likeness (QED) is 0.199. The molecule has 0 bridgehead atoms. The molecule has 0 atom stereocenters. The number of piperidine rings is 1. The third-order valence-corrected chi connectivity index (χ3v) is 8.44. The van der Waals surface area contributed by atoms with E-state index in [2.05, 4.69) is 20.4 Å². The maximum atomic E-state index is 13.3. The molecule has 4 aromatic rings. The zero-order valence-electron chi connectivity index (χ0n) is 23.0. The highest BCUT2D eigenvalue weighted by Crippen LogP contribution is 2.40. The van der Waals surface area contributed by atoms with Crippen LogP contribution in [0.5, 0.6) is 11.5 Å². The lowest BCUT2D eigenvalue weighted by Crippen LogP contribution is -2.35. The van der Waals surface area contributed by atoms with Gasteiger partial charge >= 0.3 is 0 Å². The van der Waals surface area contributed by atoms with Gasteiger partial charge in [-0.25, -0.2) is 0 Å². The van der Waals surface area contributed by atoms with Crippen molar-refractivity contribution >= 4 is 46.0 Å². The van der Waals surface area contributed by atoms with Crippen LogP contribution in [0.25, 0.3) is 23.1 Å². The fourth-order valence-corrected chi connectivity index (χ4v) is 5.90. The number of fused-ring (bicyclic) bond motifs is 1. The number of aromatic nitrogens is 2. The summed E-state index contributed by atoms with van der Waals surface area (Å²) in [5.74, 6) is 1.32. The molecule has 9 heteroatoms. The zero-order chi connectivity index (χ0) is 27.9. The Morgan fingerprint density at radius 2 is 2.02 bits per heavy atom. The van der Waals surface area contributed by atoms with Gasteiger partial charge in [0.25, 0.3) is 5.91 Å². The van der Waals surface area contributed by atoms with Gasteiger partial charge in [-0.2, -0.15) is 5.10 Å². The van der Waals surface area contributed by atoms with Crippen molar-refractivity contribution in [3.63, 3.8) is 0 Å². The predicted octanol–water partition coefficient (Wildman–Crippen LogP) is 5.84. The number of benzene rings is 2. The number of aliphatic hydroxyl groups excluding tert-OH is 1. The second kappa shape index (κ2) is 13.1. The average molecular weight is 561 g/mol. The van der Waals surface area contributed by atoms with E-state index in [1.807, 2.05) is 66.9 Å². The molecule has 40 heavy (non-hydrogen) atoms. The topological polar surface area (TPSA) is 99.7 Å². The van der Waals surface area contributed by atoms with Crippen LogP contribution >= 0.6 is 11.3 Å². The van der Waals surface area contributed by atoms with Crippen molar-refractivity contribution in [2.24, 2.45) is 5.92 Å². The number of methoxy groups -OCH3 is 1. The normalized spacial score (nSPS) is 14.7. The summed E-state index contributed by atoms with van der Waals surface area (Å²) < 4.78 is 12.0. The number of rotatable bonds is 11. The highest BCUT2D eigenvalue weighted by atomic mass is 32.1. The minimum atomic E-state index is -0.186. The molecule has 0 aliphatic carbocycles. The maximum Gasteiger partial charge on any atom is 0.266 e. The number of aryl methyl sites for hydroxylation is 1. The summed E-state index contributed by atoms with van der Waals surface area (Å²) in [6, 6.07) is 13.7. The van der Waals surface area contributed by atoms with E-state index in [1.54, 1.807) is 7.11 Å². The van der Waals surface area contributed by atoms with Crippen LogP contribution in [0.4, 0.5) is 5.69 Å². The number of nitrogens with one attached hydrogen (secondary N) is 2. The van der Waals surface area contributed by atoms with Crippen LogP contribution in [-0.4, -0.2) is 66.1 Å². The second-order valence-corrected chi connectivity index (χ2v) is 11.0. The van der Waals surface area contributed by atoms with Crippen molar-refractivity contribution in [2.45, 2.75) is 26.2 Å². The largest absolute Gasteiger partial charge is 0.491 e. The Morgan fingerprint density at radius 1 is 1.20 bits per heavy atom. The molecule has 0 unspecified atom stereocenters. The molecule has 1 fully saturated rings. The van der Waals surface area contributed by atoms with E-state index in [4.69, 9.17) is 9.47 Å². The number of nitrogens with zero attached hydrogens (tertiary/aromatic N) is 2. The highest BCUT2D eigenvalue weighted by Gasteiger charge is 2.20. The van der Waals surface area contributed by atoms with Crippen molar-refractivity contribution in [1.29, 1.82) is 0 Å². The number of hydrogen-bond acceptors (Lipinski definition) is 7. The Kier molecular flexibility index (Phi) is 9.15. The van der Waals surface area contributed by atoms with Gasteiger partial charge in [0.15, 0.2) is 11.5 Å². The van der Waals surface area contributed by atoms with Crippen LogP contribution in [0.1, 0.15) is 45.8 Å². The number of ether oxygens (including phenoxy) is 2. The monoisotopic (exact) mass is 560 g/mol. The number of aliphatic hydroxyl groups is 1. The molecular formula is C31H36N4O4S. The number of hydrogen-bond donors (Lipinski definition) is 3. The van der Waals surface area contributed by atoms with E-state index in [9.17, 15) is 9.90 Å². The third-order valence-electron chi connectivity index (χ3n) is 7.43. The van der Waals surface area contributed by atoms with Crippen molar-refractivity contribution in [3.8, 4) is 11.5 Å². The molecule has 1 aliphatic rings. The van der Waals surface area contributed by atoms with Crippen LogP contribution < -0.4 is 14.8 Å². The minimum Gasteiger partial charge on any atom is -0.491 e. The fraction of sp³-hybridized carbons (Fsp3) is 0.355. The van der Waals surface area contributed by atoms with Gasteiger partial charge in [-0.1, -0.05) is 24.3 Å². The number of para-hydroxylation sites is 1. The van der Waals surface area contributed by atoms with Crippen molar-refractivity contribution < 1.29 is 19.4 Å². The Labute approximate surface area is 238 Å². The van der Waals surface area contributed by atoms with E-state index >= 15 is 0 Å². The molecule has 0 spiro atoms. The van der Waals surface area contributed by atoms with Crippen LogP contribution in [0, 0.1) is 12.8 Å². The maximum absolute atomic E-state index is 13.3. The summed E-state index contributed by atoms with van der Waals surface area (Å²) >= 11 is 1.41. The standard InChI is InChI=1S/C31H36N4O4S/c1-21-14-19-40-30(21)31(37)32-28-23(8-10-26-24-6-3-4-7-25(24)33-34-26)9-11-27(29(28)38-2)39-18-5-15-35-16-12-22(20-36)13-17-35/h3-4,6-11,14,19,22,36H,5,12-13,15-18,20H2,1-2H3,(H,32,37)(H,33,34). The first-order valence-corrected chi connectivity index (χ1v) is 14.6. The minimum absolute atomic E-state index is 0.186. The average Bonchev–Trinajstić information content (AvgIpc) is 3.61. The van der Waals surface area contributed by atoms with Gasteiger partial charge in [0.05, 0.1) is 35.5 Å². The van der Waals surface area contributed by atoms with E-state index in [1.165, 1.54) is 11.3 Å². The van der Waals surface area contributed by atoms with Gasteiger partial charge in [0.2, 0.25) is 0 Å². The smallest absolute Gasteiger partial charge is 0.266 e. The summed E-state index contributed by atoms with van der Waals surface area (Å²) in [4.78, 5) is 16.3. The first-order valence-electron chi connectivity index (χ1n) is 13.7. The summed E-state index contributed by atoms with van der Waals surface area (Å²) in [5.41, 5.74) is 4.04. The van der Waals surface area contributed by atoms with Gasteiger partial charge in [-0.05, 0) is 86.5 Å². The number of thiophene rings is 1. The molecule has 5 rings (SSSR count). The number of likely N-dealkylation sites (tertiary alicyclic amines) is 1. The summed E-state index contributed by atoms with van der Waals surface area (Å²) in [5, 5.41) is 22.9. The van der Waals surface area contributed by atoms with Crippen molar-refractivity contribution in [2.75, 3.05) is 45.3 Å². The van der Waals surface area contributed by atoms with E-state index < -0.39 is 0 Å². The Hall–Kier alpha value is -3.66. The molecule has 2 aromatic carbocycles. The predicted molar refractivity (Wildman–Crippen MR) is 161 cm³/mol. The van der Waals surface area contributed by atoms with Gasteiger partial charge in [0.1, 0.15) is 0 Å². The molecule has 0 saturated carbocycles. The highest BCUT2D eigenvalue weighted by molar-refractivity contribution is 7.12. The summed E-state index contributed by atoms with van der Waals surface area (Å²) in [7, 11) is 1.59. The molecule has 1 aliphatic heterocycles. The molecular weight excluding hydrogens is 524 g/mol. The zero-order valence-corrected chi connectivity index (χ0v) is 23.8. The number of amides is 1. The lowest BCUT2D eigenvalue weighted by molar-refractivity contribution is 0.102. The lowest BCUT2D eigenvalue weighted by Gasteiger charge is -2.30.